The predicted molar refractivity (Wildman–Crippen MR) is 91.9 cm³/mol. The van der Waals surface area contributed by atoms with E-state index in [0.717, 1.165) is 4.90 Å². The Labute approximate surface area is 151 Å². The van der Waals surface area contributed by atoms with Gasteiger partial charge in [0, 0.05) is 22.7 Å². The van der Waals surface area contributed by atoms with Crippen molar-refractivity contribution in [1.82, 2.24) is 0 Å². The quantitative estimate of drug-likeness (QED) is 0.468. The number of fused-ring (bicyclic) bond motifs is 1. The number of non-ortho nitro benzene ring substituents is 1. The Morgan fingerprint density at radius 1 is 1.12 bits per heavy atom. The zero-order chi connectivity index (χ0) is 18.4. The molecule has 2 atom stereocenters. The normalized spacial score (nSPS) is 21.4. The number of hydrogen-bond acceptors (Lipinski definition) is 6. The van der Waals surface area contributed by atoms with Gasteiger partial charge in [0.05, 0.1) is 10.6 Å². The van der Waals surface area contributed by atoms with Gasteiger partial charge in [-0.05, 0) is 12.1 Å². The first kappa shape index (κ1) is 16.2. The molecule has 2 aromatic carbocycles. The standard InChI is InChI=1S/C17H10ClN3O5/c18-12-7-2-1-6-11(12)14-13-15(26-19-14)17(23)20(16(13)22)9-4-3-5-10(8-9)21(24)25/h1-8,13,15H. The zero-order valence-electron chi connectivity index (χ0n) is 13.0. The second-order valence-electron chi connectivity index (χ2n) is 5.75. The Kier molecular flexibility index (Phi) is 3.69. The Morgan fingerprint density at radius 2 is 1.88 bits per heavy atom. The lowest BCUT2D eigenvalue weighted by atomic mass is 9.94. The number of nitro groups is 1. The fourth-order valence-electron chi connectivity index (χ4n) is 3.07. The molecule has 2 aromatic rings. The SMILES string of the molecule is O=C1C2ON=C(c3ccccc3Cl)C2C(=O)N1c1cccc([N+](=O)[O-])c1. The van der Waals surface area contributed by atoms with Crippen molar-refractivity contribution in [3.63, 3.8) is 0 Å². The summed E-state index contributed by atoms with van der Waals surface area (Å²) in [5, 5.41) is 15.2. The van der Waals surface area contributed by atoms with Crippen molar-refractivity contribution in [3.8, 4) is 0 Å². The van der Waals surface area contributed by atoms with E-state index in [1.165, 1.54) is 24.3 Å². The lowest BCUT2D eigenvalue weighted by Crippen LogP contribution is -2.33. The number of anilines is 1. The summed E-state index contributed by atoms with van der Waals surface area (Å²) < 4.78 is 0. The van der Waals surface area contributed by atoms with Gasteiger partial charge in [0.2, 0.25) is 12.0 Å². The highest BCUT2D eigenvalue weighted by atomic mass is 35.5. The lowest BCUT2D eigenvalue weighted by Gasteiger charge is -2.15. The van der Waals surface area contributed by atoms with Gasteiger partial charge >= 0.3 is 0 Å². The van der Waals surface area contributed by atoms with Crippen LogP contribution in [-0.4, -0.2) is 28.6 Å². The molecule has 130 valence electrons. The average Bonchev–Trinajstić information content (AvgIpc) is 3.16. The molecule has 0 spiro atoms. The molecule has 26 heavy (non-hydrogen) atoms. The second-order valence-corrected chi connectivity index (χ2v) is 6.16. The van der Waals surface area contributed by atoms with Gasteiger partial charge in [0.25, 0.3) is 11.6 Å². The third kappa shape index (κ3) is 2.34. The van der Waals surface area contributed by atoms with Crippen LogP contribution in [0.2, 0.25) is 5.02 Å². The van der Waals surface area contributed by atoms with Crippen molar-refractivity contribution >= 4 is 40.5 Å². The van der Waals surface area contributed by atoms with Crippen LogP contribution in [0.4, 0.5) is 11.4 Å². The van der Waals surface area contributed by atoms with Crippen LogP contribution in [0.5, 0.6) is 0 Å². The van der Waals surface area contributed by atoms with Gasteiger partial charge in [0.1, 0.15) is 11.6 Å². The van der Waals surface area contributed by atoms with Crippen LogP contribution in [0.25, 0.3) is 0 Å². The van der Waals surface area contributed by atoms with E-state index in [4.69, 9.17) is 16.4 Å². The number of nitro benzene ring substituents is 1. The molecule has 9 heteroatoms. The molecule has 2 unspecified atom stereocenters. The average molecular weight is 372 g/mol. The topological polar surface area (TPSA) is 102 Å². The number of oxime groups is 1. The third-order valence-corrected chi connectivity index (χ3v) is 4.59. The summed E-state index contributed by atoms with van der Waals surface area (Å²) in [6.07, 6.45) is -1.10. The summed E-state index contributed by atoms with van der Waals surface area (Å²) in [5.41, 5.74) is 0.669. The van der Waals surface area contributed by atoms with E-state index in [1.807, 2.05) is 0 Å². The molecule has 8 nitrogen and oxygen atoms in total. The number of hydrogen-bond donors (Lipinski definition) is 0. The number of rotatable bonds is 3. The van der Waals surface area contributed by atoms with Crippen molar-refractivity contribution in [2.45, 2.75) is 6.10 Å². The number of benzene rings is 2. The Balaban J connectivity index is 1.73. The van der Waals surface area contributed by atoms with Crippen LogP contribution >= 0.6 is 11.6 Å². The molecule has 2 aliphatic rings. The van der Waals surface area contributed by atoms with E-state index < -0.39 is 28.8 Å². The smallest absolute Gasteiger partial charge is 0.278 e. The molecule has 1 saturated heterocycles. The van der Waals surface area contributed by atoms with E-state index >= 15 is 0 Å². The predicted octanol–water partition coefficient (Wildman–Crippen LogP) is 2.54. The Hall–Kier alpha value is -3.26. The van der Waals surface area contributed by atoms with E-state index in [-0.39, 0.29) is 17.1 Å². The molecule has 0 aromatic heterocycles. The van der Waals surface area contributed by atoms with Gasteiger partial charge in [0.15, 0.2) is 0 Å². The van der Waals surface area contributed by atoms with E-state index in [2.05, 4.69) is 5.16 Å². The number of amides is 2. The summed E-state index contributed by atoms with van der Waals surface area (Å²) in [4.78, 5) is 42.0. The molecular formula is C17H10ClN3O5. The van der Waals surface area contributed by atoms with Crippen molar-refractivity contribution in [3.05, 3.63) is 69.2 Å². The molecule has 4 rings (SSSR count). The molecule has 1 fully saturated rings. The first-order valence-electron chi connectivity index (χ1n) is 7.60. The summed E-state index contributed by atoms with van der Waals surface area (Å²) in [7, 11) is 0. The maximum absolute atomic E-state index is 12.9. The zero-order valence-corrected chi connectivity index (χ0v) is 13.8. The third-order valence-electron chi connectivity index (χ3n) is 4.26. The second kappa shape index (κ2) is 5.92. The first-order chi connectivity index (χ1) is 12.5. The Morgan fingerprint density at radius 3 is 2.62 bits per heavy atom. The maximum Gasteiger partial charge on any atom is 0.278 e. The first-order valence-corrected chi connectivity index (χ1v) is 7.97. The summed E-state index contributed by atoms with van der Waals surface area (Å²) in [5.74, 6) is -2.12. The molecule has 0 saturated carbocycles. The fraction of sp³-hybridized carbons (Fsp3) is 0.118. The van der Waals surface area contributed by atoms with Gasteiger partial charge in [-0.3, -0.25) is 19.7 Å². The van der Waals surface area contributed by atoms with Crippen LogP contribution in [0, 0.1) is 16.0 Å². The van der Waals surface area contributed by atoms with Crippen LogP contribution in [0.3, 0.4) is 0 Å². The molecule has 0 aliphatic carbocycles. The highest BCUT2D eigenvalue weighted by Gasteiger charge is 2.56. The van der Waals surface area contributed by atoms with Gasteiger partial charge in [-0.15, -0.1) is 0 Å². The minimum absolute atomic E-state index is 0.116. The van der Waals surface area contributed by atoms with Crippen LogP contribution in [0.15, 0.2) is 53.7 Å². The number of imide groups is 1. The molecular weight excluding hydrogens is 362 g/mol. The van der Waals surface area contributed by atoms with Crippen LogP contribution in [-0.2, 0) is 14.4 Å². The maximum atomic E-state index is 12.9. The number of nitrogens with zero attached hydrogens (tertiary/aromatic N) is 3. The minimum atomic E-state index is -1.10. The summed E-state index contributed by atoms with van der Waals surface area (Å²) >= 11 is 6.17. The van der Waals surface area contributed by atoms with Gasteiger partial charge in [-0.25, -0.2) is 4.90 Å². The molecule has 0 bridgehead atoms. The van der Waals surface area contributed by atoms with Crippen molar-refractivity contribution in [2.75, 3.05) is 4.90 Å². The van der Waals surface area contributed by atoms with Crippen molar-refractivity contribution < 1.29 is 19.3 Å². The van der Waals surface area contributed by atoms with Gasteiger partial charge < -0.3 is 4.84 Å². The number of carbonyl (C=O) groups excluding carboxylic acids is 2. The van der Waals surface area contributed by atoms with Crippen molar-refractivity contribution in [1.29, 1.82) is 0 Å². The number of carbonyl (C=O) groups is 2. The molecule has 0 radical (unpaired) electrons. The minimum Gasteiger partial charge on any atom is -0.381 e. The summed E-state index contributed by atoms with van der Waals surface area (Å²) in [6.45, 7) is 0. The van der Waals surface area contributed by atoms with Crippen molar-refractivity contribution in [2.24, 2.45) is 11.1 Å². The number of halogens is 1. The van der Waals surface area contributed by atoms with E-state index in [0.29, 0.717) is 10.6 Å². The van der Waals surface area contributed by atoms with Gasteiger partial charge in [-0.2, -0.15) is 0 Å². The largest absolute Gasteiger partial charge is 0.381 e. The molecule has 2 heterocycles. The van der Waals surface area contributed by atoms with Gasteiger partial charge in [-0.1, -0.05) is 41.0 Å². The highest BCUT2D eigenvalue weighted by Crippen LogP contribution is 2.37. The summed E-state index contributed by atoms with van der Waals surface area (Å²) in [6, 6.07) is 12.1. The van der Waals surface area contributed by atoms with E-state index in [9.17, 15) is 19.7 Å². The molecule has 2 amide bonds. The van der Waals surface area contributed by atoms with E-state index in [1.54, 1.807) is 24.3 Å². The lowest BCUT2D eigenvalue weighted by molar-refractivity contribution is -0.384. The van der Waals surface area contributed by atoms with Crippen LogP contribution in [0.1, 0.15) is 5.56 Å². The highest BCUT2D eigenvalue weighted by molar-refractivity contribution is 6.38. The monoisotopic (exact) mass is 371 g/mol. The Bertz CT molecular complexity index is 990. The molecule has 2 aliphatic heterocycles. The van der Waals surface area contributed by atoms with Crippen LogP contribution < -0.4 is 4.90 Å². The molecule has 0 N–H and O–H groups in total. The fourth-order valence-corrected chi connectivity index (χ4v) is 3.30.